The molecule has 0 bridgehead atoms. The maximum Gasteiger partial charge on any atom is 0.305 e. The third-order valence-electron chi connectivity index (χ3n) is 2.76. The molecular weight excluding hydrogens is 230 g/mol. The maximum absolute atomic E-state index is 11.0. The molecular formula is C13H25N3O2. The smallest absolute Gasteiger partial charge is 0.305 e. The van der Waals surface area contributed by atoms with Crippen LogP contribution in [-0.2, 0) is 9.53 Å². The molecule has 0 aromatic carbocycles. The summed E-state index contributed by atoms with van der Waals surface area (Å²) < 4.78 is 4.86. The minimum atomic E-state index is -0.0736. The monoisotopic (exact) mass is 255 g/mol. The zero-order valence-electron chi connectivity index (χ0n) is 11.4. The van der Waals surface area contributed by atoms with E-state index in [0.717, 1.165) is 25.7 Å². The second-order valence-electron chi connectivity index (χ2n) is 4.34. The lowest BCUT2D eigenvalue weighted by atomic mass is 10.1. The summed E-state index contributed by atoms with van der Waals surface area (Å²) in [5, 5.41) is 3.50. The molecule has 0 unspecified atom stereocenters. The molecule has 0 saturated heterocycles. The van der Waals surface area contributed by atoms with Gasteiger partial charge in [-0.1, -0.05) is 43.6 Å². The number of rotatable bonds is 12. The molecule has 0 fully saturated rings. The number of hydrogen-bond acceptors (Lipinski definition) is 3. The quantitative estimate of drug-likeness (QED) is 0.171. The average molecular weight is 255 g/mol. The first-order valence-corrected chi connectivity index (χ1v) is 6.97. The molecule has 18 heavy (non-hydrogen) atoms. The van der Waals surface area contributed by atoms with Gasteiger partial charge in [-0.15, -0.1) is 0 Å². The van der Waals surface area contributed by atoms with E-state index in [-0.39, 0.29) is 5.97 Å². The van der Waals surface area contributed by atoms with Gasteiger partial charge in [0, 0.05) is 17.9 Å². The van der Waals surface area contributed by atoms with Crippen molar-refractivity contribution >= 4 is 5.97 Å². The van der Waals surface area contributed by atoms with Crippen molar-refractivity contribution < 1.29 is 9.53 Å². The second kappa shape index (κ2) is 13.8. The molecule has 104 valence electrons. The number of unbranched alkanes of at least 4 members (excludes halogenated alkanes) is 7. The minimum absolute atomic E-state index is 0.0736. The molecule has 0 aromatic heterocycles. The number of carbonyl (C=O) groups excluding carboxylic acids is 1. The zero-order chi connectivity index (χ0) is 13.5. The predicted octanol–water partition coefficient (Wildman–Crippen LogP) is 4.37. The molecule has 0 amide bonds. The Labute approximate surface area is 110 Å². The summed E-state index contributed by atoms with van der Waals surface area (Å²) >= 11 is 0. The molecule has 0 spiro atoms. The van der Waals surface area contributed by atoms with Crippen molar-refractivity contribution in [2.45, 2.75) is 64.7 Å². The minimum Gasteiger partial charge on any atom is -0.466 e. The van der Waals surface area contributed by atoms with Gasteiger partial charge < -0.3 is 4.74 Å². The molecule has 0 aliphatic rings. The van der Waals surface area contributed by atoms with E-state index in [1.807, 2.05) is 6.92 Å². The van der Waals surface area contributed by atoms with Crippen molar-refractivity contribution in [3.05, 3.63) is 10.4 Å². The number of esters is 1. The highest BCUT2D eigenvalue weighted by Crippen LogP contribution is 2.10. The summed E-state index contributed by atoms with van der Waals surface area (Å²) in [7, 11) is 0. The summed E-state index contributed by atoms with van der Waals surface area (Å²) in [6, 6.07) is 0. The van der Waals surface area contributed by atoms with Crippen molar-refractivity contribution in [2.24, 2.45) is 5.11 Å². The number of azide groups is 1. The first kappa shape index (κ1) is 16.8. The second-order valence-corrected chi connectivity index (χ2v) is 4.34. The molecule has 0 atom stereocenters. The van der Waals surface area contributed by atoms with Gasteiger partial charge in [0.15, 0.2) is 0 Å². The predicted molar refractivity (Wildman–Crippen MR) is 72.2 cm³/mol. The van der Waals surface area contributed by atoms with Crippen LogP contribution in [-0.4, -0.2) is 19.1 Å². The molecule has 0 heterocycles. The van der Waals surface area contributed by atoms with E-state index in [1.54, 1.807) is 0 Å². The van der Waals surface area contributed by atoms with Crippen LogP contribution < -0.4 is 0 Å². The van der Waals surface area contributed by atoms with Crippen LogP contribution in [0.1, 0.15) is 64.7 Å². The highest BCUT2D eigenvalue weighted by Gasteiger charge is 2.00. The molecule has 0 aromatic rings. The third-order valence-corrected chi connectivity index (χ3v) is 2.76. The van der Waals surface area contributed by atoms with E-state index in [4.69, 9.17) is 10.3 Å². The number of hydrogen-bond donors (Lipinski definition) is 0. The highest BCUT2D eigenvalue weighted by molar-refractivity contribution is 5.69. The normalized spacial score (nSPS) is 9.83. The standard InChI is InChI=1S/C13H25N3O2/c1-2-18-13(17)11-9-7-5-3-4-6-8-10-12-15-16-14/h2-12H2,1H3. The van der Waals surface area contributed by atoms with Crippen molar-refractivity contribution in [3.8, 4) is 0 Å². The lowest BCUT2D eigenvalue weighted by Gasteiger charge is -2.02. The summed E-state index contributed by atoms with van der Waals surface area (Å²) in [6.45, 7) is 2.94. The lowest BCUT2D eigenvalue weighted by Crippen LogP contribution is -2.03. The Bertz CT molecular complexity index is 251. The molecule has 0 radical (unpaired) electrons. The first-order chi connectivity index (χ1) is 8.81. The van der Waals surface area contributed by atoms with Crippen LogP contribution in [0.5, 0.6) is 0 Å². The molecule has 5 nitrogen and oxygen atoms in total. The van der Waals surface area contributed by atoms with Crippen LogP contribution in [0.2, 0.25) is 0 Å². The Morgan fingerprint density at radius 2 is 1.61 bits per heavy atom. The molecule has 0 aliphatic carbocycles. The van der Waals surface area contributed by atoms with Crippen molar-refractivity contribution in [1.29, 1.82) is 0 Å². The van der Waals surface area contributed by atoms with Crippen LogP contribution in [0.4, 0.5) is 0 Å². The van der Waals surface area contributed by atoms with Gasteiger partial charge >= 0.3 is 5.97 Å². The molecule has 0 aliphatic heterocycles. The van der Waals surface area contributed by atoms with E-state index < -0.39 is 0 Å². The van der Waals surface area contributed by atoms with E-state index in [9.17, 15) is 4.79 Å². The average Bonchev–Trinajstić information content (AvgIpc) is 2.36. The molecule has 5 heteroatoms. The fraction of sp³-hybridized carbons (Fsp3) is 0.923. The fourth-order valence-corrected chi connectivity index (χ4v) is 1.79. The van der Waals surface area contributed by atoms with Gasteiger partial charge in [-0.2, -0.15) is 0 Å². The maximum atomic E-state index is 11.0. The highest BCUT2D eigenvalue weighted by atomic mass is 16.5. The largest absolute Gasteiger partial charge is 0.466 e. The van der Waals surface area contributed by atoms with Crippen LogP contribution in [0.15, 0.2) is 5.11 Å². The summed E-state index contributed by atoms with van der Waals surface area (Å²) in [6.07, 6.45) is 9.59. The van der Waals surface area contributed by atoms with Crippen molar-refractivity contribution in [1.82, 2.24) is 0 Å². The van der Waals surface area contributed by atoms with Gasteiger partial charge in [-0.05, 0) is 25.3 Å². The van der Waals surface area contributed by atoms with Crippen LogP contribution in [0.3, 0.4) is 0 Å². The fourth-order valence-electron chi connectivity index (χ4n) is 1.79. The molecule has 0 saturated carbocycles. The first-order valence-electron chi connectivity index (χ1n) is 6.97. The Hall–Kier alpha value is -1.22. The van der Waals surface area contributed by atoms with Gasteiger partial charge in [-0.3, -0.25) is 4.79 Å². The lowest BCUT2D eigenvalue weighted by molar-refractivity contribution is -0.143. The summed E-state index contributed by atoms with van der Waals surface area (Å²) in [5.41, 5.74) is 8.09. The van der Waals surface area contributed by atoms with Crippen LogP contribution in [0, 0.1) is 0 Å². The topological polar surface area (TPSA) is 75.1 Å². The van der Waals surface area contributed by atoms with E-state index in [0.29, 0.717) is 19.6 Å². The third kappa shape index (κ3) is 12.8. The number of ether oxygens (including phenoxy) is 1. The van der Waals surface area contributed by atoms with Gasteiger partial charge in [0.05, 0.1) is 6.61 Å². The van der Waals surface area contributed by atoms with Crippen LogP contribution >= 0.6 is 0 Å². The molecule has 0 rings (SSSR count). The number of nitrogens with zero attached hydrogens (tertiary/aromatic N) is 3. The van der Waals surface area contributed by atoms with Gasteiger partial charge in [-0.25, -0.2) is 0 Å². The zero-order valence-corrected chi connectivity index (χ0v) is 11.4. The molecule has 0 N–H and O–H groups in total. The number of carbonyl (C=O) groups is 1. The van der Waals surface area contributed by atoms with Gasteiger partial charge in [0.25, 0.3) is 0 Å². The Balaban J connectivity index is 3.07. The van der Waals surface area contributed by atoms with Crippen molar-refractivity contribution in [2.75, 3.05) is 13.2 Å². The van der Waals surface area contributed by atoms with E-state index in [1.165, 1.54) is 25.7 Å². The SMILES string of the molecule is CCOC(=O)CCCCCCCCCCN=[N+]=[N-]. The van der Waals surface area contributed by atoms with E-state index in [2.05, 4.69) is 10.0 Å². The Morgan fingerprint density at radius 1 is 1.06 bits per heavy atom. The van der Waals surface area contributed by atoms with Crippen molar-refractivity contribution in [3.63, 3.8) is 0 Å². The summed E-state index contributed by atoms with van der Waals surface area (Å²) in [5.74, 6) is -0.0736. The Kier molecular flexibility index (Phi) is 12.9. The van der Waals surface area contributed by atoms with Gasteiger partial charge in [0.2, 0.25) is 0 Å². The van der Waals surface area contributed by atoms with Crippen LogP contribution in [0.25, 0.3) is 10.4 Å². The van der Waals surface area contributed by atoms with Gasteiger partial charge in [0.1, 0.15) is 0 Å². The summed E-state index contributed by atoms with van der Waals surface area (Å²) in [4.78, 5) is 13.8. The van der Waals surface area contributed by atoms with E-state index >= 15 is 0 Å². The Morgan fingerprint density at radius 3 is 2.17 bits per heavy atom.